The van der Waals surface area contributed by atoms with Crippen molar-refractivity contribution in [2.45, 2.75) is 19.4 Å². The summed E-state index contributed by atoms with van der Waals surface area (Å²) in [6.07, 6.45) is 0. The van der Waals surface area contributed by atoms with Crippen LogP contribution in [0.1, 0.15) is 13.8 Å². The van der Waals surface area contributed by atoms with Crippen LogP contribution < -0.4 is 15.2 Å². The van der Waals surface area contributed by atoms with E-state index in [-0.39, 0.29) is 0 Å². The monoisotopic (exact) mass is 181 g/mol. The normalized spacial score (nSPS) is 13.5. The summed E-state index contributed by atoms with van der Waals surface area (Å²) in [6.45, 7) is 4.02. The number of nitrogens with one attached hydrogen (secondary N) is 2. The molecule has 11 heavy (non-hydrogen) atoms. The van der Waals surface area contributed by atoms with Gasteiger partial charge in [-0.2, -0.15) is 13.1 Å². The molecule has 0 aromatic carbocycles. The van der Waals surface area contributed by atoms with Gasteiger partial charge < -0.3 is 5.32 Å². The quantitative estimate of drug-likeness (QED) is 0.508. The van der Waals surface area contributed by atoms with Gasteiger partial charge in [0.2, 0.25) is 0 Å². The lowest BCUT2D eigenvalue weighted by atomic mass is 10.1. The predicted molar refractivity (Wildman–Crippen MR) is 44.2 cm³/mol. The van der Waals surface area contributed by atoms with Gasteiger partial charge in [-0.05, 0) is 20.9 Å². The highest BCUT2D eigenvalue weighted by Gasteiger charge is 2.20. The highest BCUT2D eigenvalue weighted by molar-refractivity contribution is 7.87. The summed E-state index contributed by atoms with van der Waals surface area (Å²) in [6, 6.07) is 0. The molecule has 5 nitrogen and oxygen atoms in total. The van der Waals surface area contributed by atoms with E-state index in [2.05, 4.69) is 10.0 Å². The second-order valence-corrected chi connectivity index (χ2v) is 4.36. The third kappa shape index (κ3) is 6.24. The molecular weight excluding hydrogens is 166 g/mol. The highest BCUT2D eigenvalue weighted by Crippen LogP contribution is 1.99. The summed E-state index contributed by atoms with van der Waals surface area (Å²) in [4.78, 5) is 0. The van der Waals surface area contributed by atoms with Crippen molar-refractivity contribution in [3.8, 4) is 0 Å². The van der Waals surface area contributed by atoms with Crippen LogP contribution in [-0.2, 0) is 10.2 Å². The zero-order chi connectivity index (χ0) is 9.12. The van der Waals surface area contributed by atoms with Gasteiger partial charge in [0.15, 0.2) is 0 Å². The first-order valence-electron chi connectivity index (χ1n) is 3.23. The van der Waals surface area contributed by atoms with Gasteiger partial charge >= 0.3 is 0 Å². The molecule has 6 heteroatoms. The van der Waals surface area contributed by atoms with Crippen LogP contribution in [-0.4, -0.2) is 27.5 Å². The SMILES string of the molecule is CNCC(C)(C)NS(N)(=O)=O. The number of likely N-dealkylation sites (N-methyl/N-ethyl adjacent to an activating group) is 1. The van der Waals surface area contributed by atoms with E-state index in [1.54, 1.807) is 20.9 Å². The van der Waals surface area contributed by atoms with E-state index in [1.165, 1.54) is 0 Å². The minimum absolute atomic E-state index is 0.531. The van der Waals surface area contributed by atoms with Gasteiger partial charge in [0, 0.05) is 12.1 Å². The van der Waals surface area contributed by atoms with E-state index in [9.17, 15) is 8.42 Å². The van der Waals surface area contributed by atoms with Gasteiger partial charge in [-0.15, -0.1) is 0 Å². The molecule has 0 rings (SSSR count). The molecule has 0 heterocycles. The molecule has 0 saturated heterocycles. The second kappa shape index (κ2) is 3.48. The topological polar surface area (TPSA) is 84.2 Å². The fourth-order valence-corrected chi connectivity index (χ4v) is 1.71. The van der Waals surface area contributed by atoms with Crippen LogP contribution in [0.5, 0.6) is 0 Å². The van der Waals surface area contributed by atoms with Crippen molar-refractivity contribution >= 4 is 10.2 Å². The third-order valence-electron chi connectivity index (χ3n) is 1.04. The number of nitrogens with two attached hydrogens (primary N) is 1. The first kappa shape index (κ1) is 10.8. The summed E-state index contributed by atoms with van der Waals surface area (Å²) < 4.78 is 23.4. The molecule has 0 saturated carbocycles. The highest BCUT2D eigenvalue weighted by atomic mass is 32.2. The average molecular weight is 181 g/mol. The van der Waals surface area contributed by atoms with Crippen LogP contribution in [0.3, 0.4) is 0 Å². The Hall–Kier alpha value is -0.170. The zero-order valence-electron chi connectivity index (χ0n) is 7.01. The third-order valence-corrected chi connectivity index (χ3v) is 1.87. The lowest BCUT2D eigenvalue weighted by Crippen LogP contribution is -2.51. The molecule has 0 atom stereocenters. The second-order valence-electron chi connectivity index (χ2n) is 3.06. The maximum Gasteiger partial charge on any atom is 0.274 e. The maximum absolute atomic E-state index is 10.6. The Morgan fingerprint density at radius 2 is 1.91 bits per heavy atom. The van der Waals surface area contributed by atoms with Crippen LogP contribution in [0.4, 0.5) is 0 Å². The molecule has 0 bridgehead atoms. The van der Waals surface area contributed by atoms with Gasteiger partial charge in [0.25, 0.3) is 10.2 Å². The van der Waals surface area contributed by atoms with E-state index in [0.29, 0.717) is 6.54 Å². The molecule has 0 aromatic rings. The predicted octanol–water partition coefficient (Wildman–Crippen LogP) is -1.22. The Bertz CT molecular complexity index is 210. The van der Waals surface area contributed by atoms with Gasteiger partial charge in [-0.3, -0.25) is 0 Å². The molecule has 0 spiro atoms. The van der Waals surface area contributed by atoms with Crippen molar-refractivity contribution in [1.29, 1.82) is 0 Å². The molecule has 0 aromatic heterocycles. The molecule has 4 N–H and O–H groups in total. The Kier molecular flexibility index (Phi) is 3.43. The summed E-state index contributed by atoms with van der Waals surface area (Å²) in [5.74, 6) is 0. The lowest BCUT2D eigenvalue weighted by Gasteiger charge is -2.23. The molecule has 0 unspecified atom stereocenters. The van der Waals surface area contributed by atoms with Crippen LogP contribution in [0.25, 0.3) is 0 Å². The fourth-order valence-electron chi connectivity index (χ4n) is 0.863. The van der Waals surface area contributed by atoms with Crippen molar-refractivity contribution in [3.05, 3.63) is 0 Å². The summed E-state index contributed by atoms with van der Waals surface area (Å²) >= 11 is 0. The first-order chi connectivity index (χ1) is 4.77. The van der Waals surface area contributed by atoms with Crippen molar-refractivity contribution in [3.63, 3.8) is 0 Å². The van der Waals surface area contributed by atoms with Gasteiger partial charge in [0.05, 0.1) is 0 Å². The smallest absolute Gasteiger partial charge is 0.274 e. The molecule has 0 amide bonds. The van der Waals surface area contributed by atoms with Crippen LogP contribution in [0.2, 0.25) is 0 Å². The standard InChI is InChI=1S/C5H15N3O2S/c1-5(2,4-7-3)8-11(6,9)10/h7-8H,4H2,1-3H3,(H2,6,9,10). The number of rotatable bonds is 4. The fraction of sp³-hybridized carbons (Fsp3) is 1.00. The summed E-state index contributed by atoms with van der Waals surface area (Å²) in [5, 5.41) is 7.63. The summed E-state index contributed by atoms with van der Waals surface area (Å²) in [7, 11) is -1.85. The first-order valence-corrected chi connectivity index (χ1v) is 4.78. The van der Waals surface area contributed by atoms with Crippen molar-refractivity contribution in [2.75, 3.05) is 13.6 Å². The molecule has 0 fully saturated rings. The number of hydrogen-bond acceptors (Lipinski definition) is 3. The molecule has 0 aliphatic heterocycles. The molecule has 68 valence electrons. The van der Waals surface area contributed by atoms with Crippen molar-refractivity contribution < 1.29 is 8.42 Å². The molecule has 0 aliphatic carbocycles. The molecular formula is C5H15N3O2S. The average Bonchev–Trinajstić information content (AvgIpc) is 1.55. The Labute approximate surface area is 67.5 Å². The van der Waals surface area contributed by atoms with E-state index in [4.69, 9.17) is 5.14 Å². The van der Waals surface area contributed by atoms with Crippen LogP contribution in [0.15, 0.2) is 0 Å². The van der Waals surface area contributed by atoms with Gasteiger partial charge in [-0.1, -0.05) is 0 Å². The van der Waals surface area contributed by atoms with E-state index >= 15 is 0 Å². The zero-order valence-corrected chi connectivity index (χ0v) is 7.83. The minimum Gasteiger partial charge on any atom is -0.318 e. The number of hydrogen-bond donors (Lipinski definition) is 3. The molecule has 0 radical (unpaired) electrons. The van der Waals surface area contributed by atoms with Crippen molar-refractivity contribution in [2.24, 2.45) is 5.14 Å². The van der Waals surface area contributed by atoms with Gasteiger partial charge in [0.1, 0.15) is 0 Å². The lowest BCUT2D eigenvalue weighted by molar-refractivity contribution is 0.435. The Morgan fingerprint density at radius 3 is 2.18 bits per heavy atom. The maximum atomic E-state index is 10.6. The molecule has 0 aliphatic rings. The van der Waals surface area contributed by atoms with E-state index in [0.717, 1.165) is 0 Å². The van der Waals surface area contributed by atoms with Crippen LogP contribution in [0, 0.1) is 0 Å². The Balaban J connectivity index is 4.13. The van der Waals surface area contributed by atoms with Crippen molar-refractivity contribution in [1.82, 2.24) is 10.0 Å². The Morgan fingerprint density at radius 1 is 1.45 bits per heavy atom. The van der Waals surface area contributed by atoms with Gasteiger partial charge in [-0.25, -0.2) is 5.14 Å². The summed E-state index contributed by atoms with van der Waals surface area (Å²) in [5.41, 5.74) is -0.539. The minimum atomic E-state index is -3.59. The van der Waals surface area contributed by atoms with E-state index in [1.807, 2.05) is 0 Å². The van der Waals surface area contributed by atoms with Crippen LogP contribution >= 0.6 is 0 Å². The van der Waals surface area contributed by atoms with E-state index < -0.39 is 15.7 Å². The largest absolute Gasteiger partial charge is 0.318 e.